The topological polar surface area (TPSA) is 20.2 Å². The summed E-state index contributed by atoms with van der Waals surface area (Å²) >= 11 is 0. The third kappa shape index (κ3) is 5.71. The minimum absolute atomic E-state index is 0.0754. The highest BCUT2D eigenvalue weighted by Crippen LogP contribution is 2.22. The van der Waals surface area contributed by atoms with E-state index in [1.807, 2.05) is 6.08 Å². The maximum atomic E-state index is 8.57. The first-order valence-corrected chi connectivity index (χ1v) is 3.93. The molecular formula is C10H18O. The molecule has 0 aromatic rings. The molecule has 0 bridgehead atoms. The van der Waals surface area contributed by atoms with Crippen molar-refractivity contribution in [2.45, 2.75) is 34.1 Å². The van der Waals surface area contributed by atoms with Crippen LogP contribution in [0.2, 0.25) is 0 Å². The highest BCUT2D eigenvalue weighted by Gasteiger charge is 2.10. The lowest BCUT2D eigenvalue weighted by atomic mass is 9.89. The van der Waals surface area contributed by atoms with Gasteiger partial charge < -0.3 is 5.11 Å². The molecule has 64 valence electrons. The number of hydrogen-bond acceptors (Lipinski definition) is 1. The van der Waals surface area contributed by atoms with Crippen molar-refractivity contribution in [3.8, 4) is 0 Å². The zero-order valence-electron chi connectivity index (χ0n) is 7.89. The Morgan fingerprint density at radius 2 is 1.91 bits per heavy atom. The number of rotatable bonds is 3. The summed E-state index contributed by atoms with van der Waals surface area (Å²) in [6.07, 6.45) is 6.09. The maximum absolute atomic E-state index is 8.57. The Labute approximate surface area is 69.4 Å². The zero-order valence-corrected chi connectivity index (χ0v) is 7.89. The van der Waals surface area contributed by atoms with Gasteiger partial charge in [-0.05, 0) is 31.8 Å². The first kappa shape index (κ1) is 10.3. The van der Waals surface area contributed by atoms with E-state index in [-0.39, 0.29) is 5.41 Å². The van der Waals surface area contributed by atoms with E-state index in [4.69, 9.17) is 5.11 Å². The minimum Gasteiger partial charge on any atom is -0.516 e. The monoisotopic (exact) mass is 154 g/mol. The molecule has 0 amide bonds. The van der Waals surface area contributed by atoms with Gasteiger partial charge >= 0.3 is 0 Å². The lowest BCUT2D eigenvalue weighted by Crippen LogP contribution is -2.05. The van der Waals surface area contributed by atoms with Crippen LogP contribution in [0.3, 0.4) is 0 Å². The van der Waals surface area contributed by atoms with E-state index in [1.54, 1.807) is 0 Å². The highest BCUT2D eigenvalue weighted by atomic mass is 16.2. The van der Waals surface area contributed by atoms with Crippen molar-refractivity contribution in [2.75, 3.05) is 0 Å². The van der Waals surface area contributed by atoms with Crippen molar-refractivity contribution >= 4 is 0 Å². The summed E-state index contributed by atoms with van der Waals surface area (Å²) in [5.74, 6) is 0. The molecule has 0 aliphatic carbocycles. The van der Waals surface area contributed by atoms with Crippen LogP contribution in [0, 0.1) is 5.41 Å². The molecule has 0 unspecified atom stereocenters. The van der Waals surface area contributed by atoms with Crippen LogP contribution in [-0.2, 0) is 0 Å². The van der Waals surface area contributed by atoms with E-state index >= 15 is 0 Å². The Bertz CT molecular complexity index is 160. The first-order valence-electron chi connectivity index (χ1n) is 3.93. The summed E-state index contributed by atoms with van der Waals surface area (Å²) < 4.78 is 0. The summed E-state index contributed by atoms with van der Waals surface area (Å²) in [5, 5.41) is 8.57. The molecule has 1 nitrogen and oxygen atoms in total. The molecule has 11 heavy (non-hydrogen) atoms. The molecule has 1 heteroatoms. The number of aliphatic hydroxyl groups is 1. The van der Waals surface area contributed by atoms with Gasteiger partial charge in [-0.3, -0.25) is 0 Å². The van der Waals surface area contributed by atoms with Gasteiger partial charge in [-0.15, -0.1) is 0 Å². The van der Waals surface area contributed by atoms with E-state index in [9.17, 15) is 0 Å². The summed E-state index contributed by atoms with van der Waals surface area (Å²) in [4.78, 5) is 0. The molecule has 0 rings (SSSR count). The Morgan fingerprint density at radius 1 is 1.36 bits per heavy atom. The average molecular weight is 154 g/mol. The minimum atomic E-state index is 0.0754. The van der Waals surface area contributed by atoms with Crippen LogP contribution < -0.4 is 0 Å². The van der Waals surface area contributed by atoms with Gasteiger partial charge in [0.1, 0.15) is 0 Å². The van der Waals surface area contributed by atoms with Crippen molar-refractivity contribution in [1.29, 1.82) is 0 Å². The molecule has 0 radical (unpaired) electrons. The van der Waals surface area contributed by atoms with Gasteiger partial charge in [-0.25, -0.2) is 0 Å². The SMILES string of the molecule is CC(C)=CCC(C)(C)C=CO. The van der Waals surface area contributed by atoms with Crippen LogP contribution in [0.25, 0.3) is 0 Å². The molecule has 0 aliphatic rings. The summed E-state index contributed by atoms with van der Waals surface area (Å²) in [5.41, 5.74) is 1.40. The van der Waals surface area contributed by atoms with Crippen molar-refractivity contribution in [2.24, 2.45) is 5.41 Å². The number of aliphatic hydroxyl groups excluding tert-OH is 1. The van der Waals surface area contributed by atoms with Gasteiger partial charge in [0.25, 0.3) is 0 Å². The van der Waals surface area contributed by atoms with E-state index < -0.39 is 0 Å². The molecule has 0 atom stereocenters. The molecule has 0 aromatic heterocycles. The van der Waals surface area contributed by atoms with Gasteiger partial charge in [0.05, 0.1) is 6.26 Å². The molecule has 0 saturated carbocycles. The maximum Gasteiger partial charge on any atom is 0.0757 e. The fourth-order valence-corrected chi connectivity index (χ4v) is 0.737. The number of allylic oxidation sites excluding steroid dienone is 3. The molecule has 0 aromatic carbocycles. The second kappa shape index (κ2) is 4.22. The second-order valence-corrected chi connectivity index (χ2v) is 3.79. The van der Waals surface area contributed by atoms with Crippen molar-refractivity contribution in [3.05, 3.63) is 24.0 Å². The van der Waals surface area contributed by atoms with Crippen LogP contribution in [0.5, 0.6) is 0 Å². The Morgan fingerprint density at radius 3 is 2.27 bits per heavy atom. The van der Waals surface area contributed by atoms with Crippen LogP contribution >= 0.6 is 0 Å². The summed E-state index contributed by atoms with van der Waals surface area (Å²) in [6.45, 7) is 8.36. The third-order valence-electron chi connectivity index (χ3n) is 1.56. The van der Waals surface area contributed by atoms with E-state index in [1.165, 1.54) is 5.57 Å². The van der Waals surface area contributed by atoms with Gasteiger partial charge in [-0.2, -0.15) is 0 Å². The fourth-order valence-electron chi connectivity index (χ4n) is 0.737. The molecule has 1 N–H and O–H groups in total. The van der Waals surface area contributed by atoms with Crippen LogP contribution in [-0.4, -0.2) is 5.11 Å². The molecule has 0 spiro atoms. The van der Waals surface area contributed by atoms with Crippen LogP contribution in [0.4, 0.5) is 0 Å². The largest absolute Gasteiger partial charge is 0.516 e. The van der Waals surface area contributed by atoms with Crippen LogP contribution in [0.15, 0.2) is 24.0 Å². The van der Waals surface area contributed by atoms with Gasteiger partial charge in [0, 0.05) is 0 Å². The molecule has 0 heterocycles. The Balaban J connectivity index is 4.02. The predicted octanol–water partition coefficient (Wildman–Crippen LogP) is 3.44. The predicted molar refractivity (Wildman–Crippen MR) is 49.6 cm³/mol. The van der Waals surface area contributed by atoms with Crippen molar-refractivity contribution in [3.63, 3.8) is 0 Å². The second-order valence-electron chi connectivity index (χ2n) is 3.79. The van der Waals surface area contributed by atoms with Gasteiger partial charge in [0.15, 0.2) is 0 Å². The molecule has 0 aliphatic heterocycles. The molecular weight excluding hydrogens is 136 g/mol. The smallest absolute Gasteiger partial charge is 0.0757 e. The van der Waals surface area contributed by atoms with Gasteiger partial charge in [0.2, 0.25) is 0 Å². The third-order valence-corrected chi connectivity index (χ3v) is 1.56. The van der Waals surface area contributed by atoms with E-state index in [0.717, 1.165) is 12.7 Å². The fraction of sp³-hybridized carbons (Fsp3) is 0.600. The van der Waals surface area contributed by atoms with Crippen molar-refractivity contribution in [1.82, 2.24) is 0 Å². The normalized spacial score (nSPS) is 12.0. The van der Waals surface area contributed by atoms with Gasteiger partial charge in [-0.1, -0.05) is 25.5 Å². The first-order chi connectivity index (χ1) is 4.98. The van der Waals surface area contributed by atoms with Crippen molar-refractivity contribution < 1.29 is 5.11 Å². The quantitative estimate of drug-likeness (QED) is 0.487. The summed E-state index contributed by atoms with van der Waals surface area (Å²) in [7, 11) is 0. The van der Waals surface area contributed by atoms with Crippen LogP contribution in [0.1, 0.15) is 34.1 Å². The van der Waals surface area contributed by atoms with E-state index in [0.29, 0.717) is 0 Å². The average Bonchev–Trinajstić information content (AvgIpc) is 1.84. The Hall–Kier alpha value is -0.720. The Kier molecular flexibility index (Phi) is 3.94. The standard InChI is InChI=1S/C10H18O/c1-9(2)5-6-10(3,4)7-8-11/h5,7-8,11H,6H2,1-4H3. The lowest BCUT2D eigenvalue weighted by molar-refractivity contribution is 0.430. The lowest BCUT2D eigenvalue weighted by Gasteiger charge is -2.16. The summed E-state index contributed by atoms with van der Waals surface area (Å²) in [6, 6.07) is 0. The number of hydrogen-bond donors (Lipinski definition) is 1. The van der Waals surface area contributed by atoms with E-state index in [2.05, 4.69) is 33.8 Å². The molecule has 0 fully saturated rings. The highest BCUT2D eigenvalue weighted by molar-refractivity contribution is 5.01. The zero-order chi connectivity index (χ0) is 8.91. The molecule has 0 saturated heterocycles.